The van der Waals surface area contributed by atoms with E-state index in [1.165, 1.54) is 29.2 Å². The molecule has 1 saturated heterocycles. The Bertz CT molecular complexity index is 1120. The number of benzene rings is 2. The van der Waals surface area contributed by atoms with Crippen molar-refractivity contribution in [2.75, 3.05) is 19.7 Å². The number of ether oxygens (including phenoxy) is 1. The third kappa shape index (κ3) is 7.84. The average Bonchev–Trinajstić information content (AvgIpc) is 3.39. The zero-order valence-corrected chi connectivity index (χ0v) is 21.5. The molecule has 10 heteroatoms. The molecule has 36 heavy (non-hydrogen) atoms. The van der Waals surface area contributed by atoms with Gasteiger partial charge in [-0.2, -0.15) is 0 Å². The van der Waals surface area contributed by atoms with E-state index in [9.17, 15) is 22.4 Å². The Labute approximate surface area is 212 Å². The Morgan fingerprint density at radius 3 is 2.39 bits per heavy atom. The molecule has 196 valence electrons. The Balaban J connectivity index is 1.66. The van der Waals surface area contributed by atoms with Crippen LogP contribution in [0.25, 0.3) is 0 Å². The molecule has 0 saturated carbocycles. The lowest BCUT2D eigenvalue weighted by Crippen LogP contribution is -2.49. The first-order valence-electron chi connectivity index (χ1n) is 12.2. The zero-order chi connectivity index (χ0) is 26.1. The molecule has 0 spiro atoms. The van der Waals surface area contributed by atoms with Crippen molar-refractivity contribution in [1.82, 2.24) is 14.9 Å². The minimum absolute atomic E-state index is 0.0123. The minimum Gasteiger partial charge on any atom is -0.376 e. The van der Waals surface area contributed by atoms with E-state index in [-0.39, 0.29) is 41.6 Å². The molecule has 0 aliphatic carbocycles. The smallest absolute Gasteiger partial charge is 0.242 e. The summed E-state index contributed by atoms with van der Waals surface area (Å²) in [5, 5.41) is 2.88. The fourth-order valence-electron chi connectivity index (χ4n) is 4.04. The lowest BCUT2D eigenvalue weighted by Gasteiger charge is -2.29. The van der Waals surface area contributed by atoms with Crippen LogP contribution in [-0.4, -0.2) is 57.0 Å². The summed E-state index contributed by atoms with van der Waals surface area (Å²) in [6.07, 6.45) is 2.35. The van der Waals surface area contributed by atoms with Crippen molar-refractivity contribution >= 4 is 21.8 Å². The monoisotopic (exact) mass is 519 g/mol. The van der Waals surface area contributed by atoms with Crippen LogP contribution >= 0.6 is 0 Å². The second-order valence-electron chi connectivity index (χ2n) is 8.85. The number of nitrogens with zero attached hydrogens (tertiary/aromatic N) is 1. The third-order valence-corrected chi connectivity index (χ3v) is 7.72. The van der Waals surface area contributed by atoms with Crippen LogP contribution in [0, 0.1) is 5.82 Å². The maximum Gasteiger partial charge on any atom is 0.242 e. The summed E-state index contributed by atoms with van der Waals surface area (Å²) in [6.45, 7) is 4.91. The number of sulfonamides is 1. The lowest BCUT2D eigenvalue weighted by molar-refractivity contribution is -0.140. The van der Waals surface area contributed by atoms with Crippen molar-refractivity contribution in [1.29, 1.82) is 0 Å². The highest BCUT2D eigenvalue weighted by atomic mass is 32.2. The summed E-state index contributed by atoms with van der Waals surface area (Å²) in [7, 11) is -3.55. The van der Waals surface area contributed by atoms with Crippen LogP contribution in [0.5, 0.6) is 0 Å². The summed E-state index contributed by atoms with van der Waals surface area (Å²) in [5.41, 5.74) is 1.51. The molecule has 1 heterocycles. The van der Waals surface area contributed by atoms with Gasteiger partial charge in [0.1, 0.15) is 11.9 Å². The van der Waals surface area contributed by atoms with E-state index >= 15 is 0 Å². The fourth-order valence-corrected chi connectivity index (χ4v) is 5.08. The van der Waals surface area contributed by atoms with Gasteiger partial charge in [-0.1, -0.05) is 31.2 Å². The van der Waals surface area contributed by atoms with Gasteiger partial charge in [0.2, 0.25) is 21.8 Å². The summed E-state index contributed by atoms with van der Waals surface area (Å²) >= 11 is 0. The van der Waals surface area contributed by atoms with Gasteiger partial charge in [0.05, 0.1) is 11.0 Å². The van der Waals surface area contributed by atoms with E-state index in [0.717, 1.165) is 18.4 Å². The molecule has 1 aliphatic rings. The quantitative estimate of drug-likeness (QED) is 0.449. The van der Waals surface area contributed by atoms with Crippen molar-refractivity contribution in [3.63, 3.8) is 0 Å². The number of aryl methyl sites for hydroxylation is 1. The predicted octanol–water partition coefficient (Wildman–Crippen LogP) is 2.77. The molecule has 2 aromatic rings. The average molecular weight is 520 g/mol. The van der Waals surface area contributed by atoms with E-state index < -0.39 is 16.1 Å². The van der Waals surface area contributed by atoms with Crippen molar-refractivity contribution in [3.8, 4) is 0 Å². The van der Waals surface area contributed by atoms with Crippen molar-refractivity contribution in [2.45, 2.75) is 63.1 Å². The van der Waals surface area contributed by atoms with Crippen molar-refractivity contribution in [2.24, 2.45) is 0 Å². The number of nitrogens with one attached hydrogen (secondary N) is 2. The molecule has 3 rings (SSSR count). The first-order chi connectivity index (χ1) is 17.2. The fraction of sp³-hybridized carbons (Fsp3) is 0.462. The van der Waals surface area contributed by atoms with E-state index in [2.05, 4.69) is 10.0 Å². The summed E-state index contributed by atoms with van der Waals surface area (Å²) in [6, 6.07) is 11.5. The van der Waals surface area contributed by atoms with E-state index in [1.54, 1.807) is 38.1 Å². The SMILES string of the molecule is CCNS(=O)(=O)c1ccc(CCC(=O)N(Cc2ccc(F)cc2)[C@@H](C)C(=O)NC[C@H]2CCCO2)cc1. The number of rotatable bonds is 12. The van der Waals surface area contributed by atoms with Gasteiger partial charge in [-0.25, -0.2) is 17.5 Å². The maximum absolute atomic E-state index is 13.4. The molecule has 0 unspecified atom stereocenters. The van der Waals surface area contributed by atoms with Gasteiger partial charge in [0, 0.05) is 32.7 Å². The highest BCUT2D eigenvalue weighted by molar-refractivity contribution is 7.89. The number of carbonyl (C=O) groups is 2. The first-order valence-corrected chi connectivity index (χ1v) is 13.7. The van der Waals surface area contributed by atoms with Gasteiger partial charge in [-0.05, 0) is 61.6 Å². The number of amides is 2. The van der Waals surface area contributed by atoms with E-state index in [4.69, 9.17) is 4.74 Å². The molecule has 2 amide bonds. The Kier molecular flexibility index (Phi) is 9.98. The highest BCUT2D eigenvalue weighted by Crippen LogP contribution is 2.16. The van der Waals surface area contributed by atoms with Gasteiger partial charge in [0.25, 0.3) is 0 Å². The Morgan fingerprint density at radius 2 is 1.78 bits per heavy atom. The predicted molar refractivity (Wildman–Crippen MR) is 134 cm³/mol. The van der Waals surface area contributed by atoms with Gasteiger partial charge < -0.3 is 15.0 Å². The summed E-state index contributed by atoms with van der Waals surface area (Å²) < 4.78 is 45.6. The summed E-state index contributed by atoms with van der Waals surface area (Å²) in [4.78, 5) is 27.8. The standard InChI is InChI=1S/C26H34FN3O5S/c1-3-29-36(33,34)24-13-8-20(9-14-24)10-15-25(31)30(18-21-6-11-22(27)12-7-21)19(2)26(32)28-17-23-5-4-16-35-23/h6-9,11-14,19,23,29H,3-5,10,15-18H2,1-2H3,(H,28,32)/t19-,23+/m0/s1. The number of hydrogen-bond donors (Lipinski definition) is 2. The van der Waals surface area contributed by atoms with Crippen molar-refractivity contribution < 1.29 is 27.1 Å². The Hall–Kier alpha value is -2.82. The van der Waals surface area contributed by atoms with Crippen LogP contribution in [0.2, 0.25) is 0 Å². The molecule has 1 fully saturated rings. The second-order valence-corrected chi connectivity index (χ2v) is 10.6. The molecule has 2 atom stereocenters. The molecule has 2 aromatic carbocycles. The zero-order valence-electron chi connectivity index (χ0n) is 20.7. The van der Waals surface area contributed by atoms with Crippen LogP contribution < -0.4 is 10.0 Å². The van der Waals surface area contributed by atoms with Crippen LogP contribution in [0.15, 0.2) is 53.4 Å². The molecule has 0 radical (unpaired) electrons. The molecule has 0 bridgehead atoms. The molecule has 2 N–H and O–H groups in total. The third-order valence-electron chi connectivity index (χ3n) is 6.16. The van der Waals surface area contributed by atoms with Gasteiger partial charge >= 0.3 is 0 Å². The first kappa shape index (κ1) is 27.8. The minimum atomic E-state index is -3.55. The van der Waals surface area contributed by atoms with Gasteiger partial charge in [0.15, 0.2) is 0 Å². The van der Waals surface area contributed by atoms with Crippen LogP contribution in [0.1, 0.15) is 44.2 Å². The molecular formula is C26H34FN3O5S. The lowest BCUT2D eigenvalue weighted by atomic mass is 10.1. The normalized spacial score (nSPS) is 16.5. The van der Waals surface area contributed by atoms with Crippen molar-refractivity contribution in [3.05, 3.63) is 65.5 Å². The van der Waals surface area contributed by atoms with Gasteiger partial charge in [-0.15, -0.1) is 0 Å². The van der Waals surface area contributed by atoms with E-state index in [0.29, 0.717) is 31.7 Å². The van der Waals surface area contributed by atoms with E-state index in [1.807, 2.05) is 0 Å². The van der Waals surface area contributed by atoms with Crippen LogP contribution in [0.3, 0.4) is 0 Å². The van der Waals surface area contributed by atoms with Crippen LogP contribution in [0.4, 0.5) is 4.39 Å². The number of carbonyl (C=O) groups excluding carboxylic acids is 2. The van der Waals surface area contributed by atoms with Crippen LogP contribution in [-0.2, 0) is 37.3 Å². The van der Waals surface area contributed by atoms with Gasteiger partial charge in [-0.3, -0.25) is 9.59 Å². The molecule has 8 nitrogen and oxygen atoms in total. The largest absolute Gasteiger partial charge is 0.376 e. The Morgan fingerprint density at radius 1 is 1.11 bits per heavy atom. The number of hydrogen-bond acceptors (Lipinski definition) is 5. The highest BCUT2D eigenvalue weighted by Gasteiger charge is 2.27. The summed E-state index contributed by atoms with van der Waals surface area (Å²) in [5.74, 6) is -0.888. The molecule has 1 aliphatic heterocycles. The molecule has 0 aromatic heterocycles. The second kappa shape index (κ2) is 12.9. The maximum atomic E-state index is 13.4. The topological polar surface area (TPSA) is 105 Å². The number of halogens is 1. The molecular weight excluding hydrogens is 485 g/mol.